The summed E-state index contributed by atoms with van der Waals surface area (Å²) < 4.78 is 13.1. The second-order valence-electron chi connectivity index (χ2n) is 2.76. The quantitative estimate of drug-likeness (QED) is 0.710. The van der Waals surface area contributed by atoms with E-state index in [2.05, 4.69) is 26.2 Å². The van der Waals surface area contributed by atoms with Gasteiger partial charge in [0.05, 0.1) is 5.69 Å². The van der Waals surface area contributed by atoms with Gasteiger partial charge in [0.1, 0.15) is 10.3 Å². The van der Waals surface area contributed by atoms with Crippen molar-refractivity contribution < 1.29 is 9.18 Å². The van der Waals surface area contributed by atoms with Crippen LogP contribution in [0.2, 0.25) is 0 Å². The molecule has 2 heterocycles. The monoisotopic (exact) mass is 244 g/mol. The first kappa shape index (κ1) is 8.62. The summed E-state index contributed by atoms with van der Waals surface area (Å²) in [6.45, 7) is 0.550. The zero-order valence-corrected chi connectivity index (χ0v) is 8.19. The SMILES string of the molecule is O=C1CCNc2cc(F)c(Br)nc21. The number of hydrogen-bond acceptors (Lipinski definition) is 3. The zero-order chi connectivity index (χ0) is 9.42. The van der Waals surface area contributed by atoms with Crippen LogP contribution in [0.1, 0.15) is 16.9 Å². The van der Waals surface area contributed by atoms with Crippen molar-refractivity contribution in [2.45, 2.75) is 6.42 Å². The minimum atomic E-state index is -0.457. The van der Waals surface area contributed by atoms with Gasteiger partial charge < -0.3 is 5.32 Å². The topological polar surface area (TPSA) is 42.0 Å². The Morgan fingerprint density at radius 2 is 2.38 bits per heavy atom. The molecule has 2 rings (SSSR count). The summed E-state index contributed by atoms with van der Waals surface area (Å²) in [5.74, 6) is -0.504. The summed E-state index contributed by atoms with van der Waals surface area (Å²) in [6.07, 6.45) is 0.415. The number of Topliss-reactive ketones (excluding diaryl/α,β-unsaturated/α-hetero) is 1. The Bertz CT molecular complexity index is 381. The lowest BCUT2D eigenvalue weighted by molar-refractivity contribution is 0.0978. The van der Waals surface area contributed by atoms with Gasteiger partial charge in [-0.15, -0.1) is 0 Å². The first-order valence-corrected chi connectivity index (χ1v) is 4.61. The predicted molar refractivity (Wildman–Crippen MR) is 49.3 cm³/mol. The van der Waals surface area contributed by atoms with Crippen LogP contribution in [0.3, 0.4) is 0 Å². The van der Waals surface area contributed by atoms with E-state index in [1.807, 2.05) is 0 Å². The maximum absolute atomic E-state index is 13.0. The van der Waals surface area contributed by atoms with Gasteiger partial charge in [0.2, 0.25) is 0 Å². The molecule has 1 aromatic rings. The lowest BCUT2D eigenvalue weighted by atomic mass is 10.1. The van der Waals surface area contributed by atoms with E-state index >= 15 is 0 Å². The van der Waals surface area contributed by atoms with Gasteiger partial charge in [-0.1, -0.05) is 0 Å². The van der Waals surface area contributed by atoms with Crippen LogP contribution in [0, 0.1) is 5.82 Å². The summed E-state index contributed by atoms with van der Waals surface area (Å²) in [7, 11) is 0. The minimum absolute atomic E-state index is 0.0468. The van der Waals surface area contributed by atoms with E-state index in [1.54, 1.807) is 0 Å². The Labute approximate surface area is 82.5 Å². The molecular weight excluding hydrogens is 239 g/mol. The highest BCUT2D eigenvalue weighted by molar-refractivity contribution is 9.10. The molecule has 0 unspecified atom stereocenters. The summed E-state index contributed by atoms with van der Waals surface area (Å²) in [6, 6.07) is 1.28. The Hall–Kier alpha value is -0.970. The molecule has 0 atom stereocenters. The number of halogens is 2. The third kappa shape index (κ3) is 1.44. The van der Waals surface area contributed by atoms with Crippen LogP contribution in [0.4, 0.5) is 10.1 Å². The van der Waals surface area contributed by atoms with Gasteiger partial charge in [-0.25, -0.2) is 9.37 Å². The normalized spacial score (nSPS) is 15.1. The molecule has 0 aromatic carbocycles. The number of hydrogen-bond donors (Lipinski definition) is 1. The highest BCUT2D eigenvalue weighted by Gasteiger charge is 2.20. The van der Waals surface area contributed by atoms with E-state index in [0.29, 0.717) is 24.3 Å². The van der Waals surface area contributed by atoms with Crippen LogP contribution in [0.15, 0.2) is 10.7 Å². The molecule has 0 aliphatic carbocycles. The van der Waals surface area contributed by atoms with Gasteiger partial charge in [-0.3, -0.25) is 4.79 Å². The van der Waals surface area contributed by atoms with Crippen molar-refractivity contribution in [3.63, 3.8) is 0 Å². The molecule has 0 fully saturated rings. The van der Waals surface area contributed by atoms with Crippen LogP contribution in [0.25, 0.3) is 0 Å². The minimum Gasteiger partial charge on any atom is -0.383 e. The molecule has 0 saturated carbocycles. The van der Waals surface area contributed by atoms with Crippen molar-refractivity contribution in [1.82, 2.24) is 4.98 Å². The van der Waals surface area contributed by atoms with E-state index < -0.39 is 5.82 Å². The average molecular weight is 245 g/mol. The van der Waals surface area contributed by atoms with Crippen LogP contribution in [-0.2, 0) is 0 Å². The van der Waals surface area contributed by atoms with Crippen LogP contribution < -0.4 is 5.32 Å². The Morgan fingerprint density at radius 3 is 3.15 bits per heavy atom. The molecular formula is C8H6BrFN2O. The van der Waals surface area contributed by atoms with Gasteiger partial charge in [0, 0.05) is 19.0 Å². The van der Waals surface area contributed by atoms with Gasteiger partial charge in [-0.2, -0.15) is 0 Å². The van der Waals surface area contributed by atoms with Crippen LogP contribution >= 0.6 is 15.9 Å². The Morgan fingerprint density at radius 1 is 1.62 bits per heavy atom. The first-order valence-electron chi connectivity index (χ1n) is 3.81. The van der Waals surface area contributed by atoms with Crippen molar-refractivity contribution in [1.29, 1.82) is 0 Å². The lowest BCUT2D eigenvalue weighted by Gasteiger charge is -2.15. The lowest BCUT2D eigenvalue weighted by Crippen LogP contribution is -2.19. The number of ketones is 1. The highest BCUT2D eigenvalue weighted by Crippen LogP contribution is 2.24. The van der Waals surface area contributed by atoms with E-state index in [4.69, 9.17) is 0 Å². The number of carbonyl (C=O) groups excluding carboxylic acids is 1. The maximum Gasteiger partial charge on any atom is 0.185 e. The molecule has 13 heavy (non-hydrogen) atoms. The number of rotatable bonds is 0. The van der Waals surface area contributed by atoms with Crippen LogP contribution in [-0.4, -0.2) is 17.3 Å². The standard InChI is InChI=1S/C8H6BrFN2O/c9-8-4(10)3-5-7(12-8)6(13)1-2-11-5/h3,11H,1-2H2. The van der Waals surface area contributed by atoms with Crippen molar-refractivity contribution in [3.05, 3.63) is 22.2 Å². The van der Waals surface area contributed by atoms with E-state index in [1.165, 1.54) is 6.07 Å². The second-order valence-corrected chi connectivity index (χ2v) is 3.51. The van der Waals surface area contributed by atoms with E-state index in [0.717, 1.165) is 0 Å². The fourth-order valence-electron chi connectivity index (χ4n) is 1.24. The molecule has 1 aromatic heterocycles. The molecule has 1 N–H and O–H groups in total. The molecule has 5 heteroatoms. The number of carbonyl (C=O) groups is 1. The number of nitrogens with one attached hydrogen (secondary N) is 1. The Balaban J connectivity index is 2.58. The molecule has 1 aliphatic heterocycles. The summed E-state index contributed by atoms with van der Waals surface area (Å²) in [5, 5.41) is 2.92. The average Bonchev–Trinajstić information content (AvgIpc) is 2.09. The molecule has 0 spiro atoms. The third-order valence-corrected chi connectivity index (χ3v) is 2.42. The van der Waals surface area contributed by atoms with Gasteiger partial charge in [-0.05, 0) is 15.9 Å². The van der Waals surface area contributed by atoms with Crippen molar-refractivity contribution in [2.24, 2.45) is 0 Å². The molecule has 0 bridgehead atoms. The summed E-state index contributed by atoms with van der Waals surface area (Å²) in [4.78, 5) is 15.1. The van der Waals surface area contributed by atoms with E-state index in [9.17, 15) is 9.18 Å². The fourth-order valence-corrected chi connectivity index (χ4v) is 1.53. The van der Waals surface area contributed by atoms with Crippen LogP contribution in [0.5, 0.6) is 0 Å². The molecule has 0 saturated heterocycles. The number of fused-ring (bicyclic) bond motifs is 1. The van der Waals surface area contributed by atoms with Crippen molar-refractivity contribution in [3.8, 4) is 0 Å². The van der Waals surface area contributed by atoms with Gasteiger partial charge in [0.25, 0.3) is 0 Å². The number of nitrogens with zero attached hydrogens (tertiary/aromatic N) is 1. The molecule has 0 amide bonds. The second kappa shape index (κ2) is 3.06. The smallest absolute Gasteiger partial charge is 0.185 e. The molecule has 0 radical (unpaired) electrons. The third-order valence-electron chi connectivity index (χ3n) is 1.86. The number of anilines is 1. The van der Waals surface area contributed by atoms with Crippen molar-refractivity contribution in [2.75, 3.05) is 11.9 Å². The largest absolute Gasteiger partial charge is 0.383 e. The van der Waals surface area contributed by atoms with Gasteiger partial charge in [0.15, 0.2) is 11.6 Å². The molecule has 3 nitrogen and oxygen atoms in total. The highest BCUT2D eigenvalue weighted by atomic mass is 79.9. The predicted octanol–water partition coefficient (Wildman–Crippen LogP) is 1.98. The zero-order valence-electron chi connectivity index (χ0n) is 6.60. The van der Waals surface area contributed by atoms with Gasteiger partial charge >= 0.3 is 0 Å². The summed E-state index contributed by atoms with van der Waals surface area (Å²) in [5.41, 5.74) is 0.802. The molecule has 1 aliphatic rings. The van der Waals surface area contributed by atoms with Crippen molar-refractivity contribution >= 4 is 27.4 Å². The van der Waals surface area contributed by atoms with E-state index in [-0.39, 0.29) is 10.4 Å². The summed E-state index contributed by atoms with van der Waals surface area (Å²) >= 11 is 2.94. The maximum atomic E-state index is 13.0. The fraction of sp³-hybridized carbons (Fsp3) is 0.250. The molecule has 68 valence electrons. The number of pyridine rings is 1. The number of aromatic nitrogens is 1. The first-order chi connectivity index (χ1) is 6.18. The Kier molecular flexibility index (Phi) is 2.03.